The highest BCUT2D eigenvalue weighted by atomic mass is 19.2. The summed E-state index contributed by atoms with van der Waals surface area (Å²) in [5.41, 5.74) is 3.02. The summed E-state index contributed by atoms with van der Waals surface area (Å²) in [6.45, 7) is 5.03. The van der Waals surface area contributed by atoms with Crippen molar-refractivity contribution >= 4 is 10.9 Å². The first-order chi connectivity index (χ1) is 14.9. The first-order valence-electron chi connectivity index (χ1n) is 10.2. The molecule has 5 heteroatoms. The van der Waals surface area contributed by atoms with Gasteiger partial charge < -0.3 is 14.0 Å². The van der Waals surface area contributed by atoms with Gasteiger partial charge in [0.1, 0.15) is 12.4 Å². The van der Waals surface area contributed by atoms with Gasteiger partial charge in [-0.25, -0.2) is 8.78 Å². The van der Waals surface area contributed by atoms with Crippen LogP contribution < -0.4 is 4.74 Å². The van der Waals surface area contributed by atoms with E-state index in [2.05, 4.69) is 19.9 Å². The van der Waals surface area contributed by atoms with Crippen LogP contribution in [0.15, 0.2) is 72.8 Å². The lowest BCUT2D eigenvalue weighted by Gasteiger charge is -2.26. The van der Waals surface area contributed by atoms with Crippen molar-refractivity contribution in [3.63, 3.8) is 0 Å². The van der Waals surface area contributed by atoms with Gasteiger partial charge >= 0.3 is 0 Å². The van der Waals surface area contributed by atoms with E-state index in [0.717, 1.165) is 34.0 Å². The molecular weight excluding hydrogens is 396 g/mol. The molecule has 0 fully saturated rings. The van der Waals surface area contributed by atoms with Gasteiger partial charge in [-0.05, 0) is 35.9 Å². The van der Waals surface area contributed by atoms with Crippen LogP contribution in [0.3, 0.4) is 0 Å². The fraction of sp³-hybridized carbons (Fsp3) is 0.231. The van der Waals surface area contributed by atoms with Crippen molar-refractivity contribution in [1.29, 1.82) is 0 Å². The number of ether oxygens (including phenoxy) is 2. The molecule has 0 N–H and O–H groups in total. The summed E-state index contributed by atoms with van der Waals surface area (Å²) in [6.07, 6.45) is 0. The summed E-state index contributed by atoms with van der Waals surface area (Å²) in [5, 5.41) is 0.905. The van der Waals surface area contributed by atoms with Crippen LogP contribution in [0.2, 0.25) is 0 Å². The summed E-state index contributed by atoms with van der Waals surface area (Å²) in [5.74, 6) is -1.02. The zero-order valence-electron chi connectivity index (χ0n) is 17.9. The summed E-state index contributed by atoms with van der Waals surface area (Å²) in [6, 6.07) is 21.7. The molecule has 4 aromatic rings. The van der Waals surface area contributed by atoms with Crippen molar-refractivity contribution in [3.8, 4) is 11.4 Å². The lowest BCUT2D eigenvalue weighted by molar-refractivity contribution is 0.144. The number of fused-ring (bicyclic) bond motifs is 1. The zero-order chi connectivity index (χ0) is 22.0. The summed E-state index contributed by atoms with van der Waals surface area (Å²) in [4.78, 5) is 0. The molecular formula is C26H25F2NO2. The molecule has 0 aliphatic heterocycles. The quantitative estimate of drug-likeness (QED) is 0.344. The van der Waals surface area contributed by atoms with E-state index in [1.54, 1.807) is 13.2 Å². The lowest BCUT2D eigenvalue weighted by Crippen LogP contribution is -2.26. The van der Waals surface area contributed by atoms with Crippen LogP contribution in [0, 0.1) is 11.6 Å². The van der Waals surface area contributed by atoms with Gasteiger partial charge in [0, 0.05) is 35.4 Å². The highest BCUT2D eigenvalue weighted by molar-refractivity contribution is 5.89. The van der Waals surface area contributed by atoms with E-state index >= 15 is 0 Å². The van der Waals surface area contributed by atoms with Crippen molar-refractivity contribution in [2.75, 3.05) is 13.7 Å². The predicted molar refractivity (Wildman–Crippen MR) is 119 cm³/mol. The molecule has 0 atom stereocenters. The number of methoxy groups -OCH3 is 1. The van der Waals surface area contributed by atoms with Crippen molar-refractivity contribution in [1.82, 2.24) is 4.57 Å². The minimum absolute atomic E-state index is 0.380. The second-order valence-electron chi connectivity index (χ2n) is 8.24. The average Bonchev–Trinajstić information content (AvgIpc) is 3.16. The van der Waals surface area contributed by atoms with Gasteiger partial charge in [0.05, 0.1) is 12.1 Å². The Kier molecular flexibility index (Phi) is 5.79. The van der Waals surface area contributed by atoms with Crippen LogP contribution in [-0.4, -0.2) is 18.3 Å². The Balaban J connectivity index is 1.86. The normalized spacial score (nSPS) is 11.8. The molecule has 0 saturated heterocycles. The third kappa shape index (κ3) is 4.19. The first-order valence-corrected chi connectivity index (χ1v) is 10.2. The second kappa shape index (κ2) is 8.52. The molecule has 31 heavy (non-hydrogen) atoms. The summed E-state index contributed by atoms with van der Waals surface area (Å²) in [7, 11) is 1.65. The van der Waals surface area contributed by atoms with Gasteiger partial charge in [0.2, 0.25) is 0 Å². The lowest BCUT2D eigenvalue weighted by atomic mass is 9.90. The standard InChI is InChI=1S/C26H25F2NO2/c1-26(2,17-30-3)25-15-20-23(29(25)19-12-13-21(27)22(28)14-19)10-7-11-24(20)31-16-18-8-5-4-6-9-18/h4-15H,16-17H2,1-3H3. The van der Waals surface area contributed by atoms with E-state index in [1.807, 2.05) is 53.1 Å². The van der Waals surface area contributed by atoms with E-state index in [4.69, 9.17) is 9.47 Å². The second-order valence-corrected chi connectivity index (χ2v) is 8.24. The molecule has 1 aromatic heterocycles. The van der Waals surface area contributed by atoms with Crippen LogP contribution in [-0.2, 0) is 16.8 Å². The fourth-order valence-electron chi connectivity index (χ4n) is 3.90. The van der Waals surface area contributed by atoms with Gasteiger partial charge in [0.25, 0.3) is 0 Å². The molecule has 3 nitrogen and oxygen atoms in total. The average molecular weight is 421 g/mol. The first kappa shape index (κ1) is 21.1. The number of rotatable bonds is 7. The molecule has 0 amide bonds. The Morgan fingerprint density at radius 2 is 1.65 bits per heavy atom. The van der Waals surface area contributed by atoms with Crippen LogP contribution in [0.1, 0.15) is 25.1 Å². The van der Waals surface area contributed by atoms with Crippen LogP contribution in [0.5, 0.6) is 5.75 Å². The SMILES string of the molecule is COCC(C)(C)c1cc2c(OCc3ccccc3)cccc2n1-c1ccc(F)c(F)c1. The highest BCUT2D eigenvalue weighted by Crippen LogP contribution is 2.37. The van der Waals surface area contributed by atoms with Crippen molar-refractivity contribution in [2.45, 2.75) is 25.9 Å². The molecule has 4 rings (SSSR count). The van der Waals surface area contributed by atoms with Crippen molar-refractivity contribution in [2.24, 2.45) is 0 Å². The number of hydrogen-bond acceptors (Lipinski definition) is 2. The molecule has 3 aromatic carbocycles. The molecule has 1 heterocycles. The van der Waals surface area contributed by atoms with E-state index in [9.17, 15) is 8.78 Å². The molecule has 0 radical (unpaired) electrons. The van der Waals surface area contributed by atoms with E-state index < -0.39 is 11.6 Å². The van der Waals surface area contributed by atoms with Crippen molar-refractivity contribution in [3.05, 3.63) is 95.7 Å². The maximum atomic E-state index is 14.1. The molecule has 0 bridgehead atoms. The van der Waals surface area contributed by atoms with Gasteiger partial charge in [-0.3, -0.25) is 0 Å². The third-order valence-electron chi connectivity index (χ3n) is 5.40. The van der Waals surface area contributed by atoms with Gasteiger partial charge in [-0.15, -0.1) is 0 Å². The van der Waals surface area contributed by atoms with Gasteiger partial charge in [-0.1, -0.05) is 50.2 Å². The molecule has 0 spiro atoms. The van der Waals surface area contributed by atoms with Crippen LogP contribution in [0.25, 0.3) is 16.6 Å². The van der Waals surface area contributed by atoms with Crippen molar-refractivity contribution < 1.29 is 18.3 Å². The van der Waals surface area contributed by atoms with Crippen LogP contribution in [0.4, 0.5) is 8.78 Å². The Labute approximate surface area is 180 Å². The molecule has 160 valence electrons. The Hall–Kier alpha value is -3.18. The monoisotopic (exact) mass is 421 g/mol. The summed E-state index contributed by atoms with van der Waals surface area (Å²) < 4.78 is 41.3. The topological polar surface area (TPSA) is 23.4 Å². The molecule has 0 aliphatic carbocycles. The fourth-order valence-corrected chi connectivity index (χ4v) is 3.90. The predicted octanol–water partition coefficient (Wildman–Crippen LogP) is 6.41. The number of halogens is 2. The smallest absolute Gasteiger partial charge is 0.160 e. The number of benzene rings is 3. The Bertz CT molecular complexity index is 1200. The maximum Gasteiger partial charge on any atom is 0.160 e. The van der Waals surface area contributed by atoms with Crippen LogP contribution >= 0.6 is 0 Å². The third-order valence-corrected chi connectivity index (χ3v) is 5.40. The maximum absolute atomic E-state index is 14.1. The van der Waals surface area contributed by atoms with Gasteiger partial charge in [-0.2, -0.15) is 0 Å². The van der Waals surface area contributed by atoms with E-state index in [0.29, 0.717) is 18.9 Å². The van der Waals surface area contributed by atoms with E-state index in [-0.39, 0.29) is 5.41 Å². The number of aromatic nitrogens is 1. The summed E-state index contributed by atoms with van der Waals surface area (Å²) >= 11 is 0. The largest absolute Gasteiger partial charge is 0.488 e. The number of hydrogen-bond donors (Lipinski definition) is 0. The molecule has 0 aliphatic rings. The van der Waals surface area contributed by atoms with E-state index in [1.165, 1.54) is 6.07 Å². The van der Waals surface area contributed by atoms with Gasteiger partial charge in [0.15, 0.2) is 11.6 Å². The Morgan fingerprint density at radius 1 is 0.871 bits per heavy atom. The minimum atomic E-state index is -0.883. The molecule has 0 saturated carbocycles. The Morgan fingerprint density at radius 3 is 2.35 bits per heavy atom. The highest BCUT2D eigenvalue weighted by Gasteiger charge is 2.28. The number of nitrogens with zero attached hydrogens (tertiary/aromatic N) is 1. The minimum Gasteiger partial charge on any atom is -0.488 e. The zero-order valence-corrected chi connectivity index (χ0v) is 17.9. The molecule has 0 unspecified atom stereocenters.